The molecule has 1 aliphatic carbocycles. The van der Waals surface area contributed by atoms with Crippen molar-refractivity contribution >= 4 is 24.4 Å². The third-order valence-corrected chi connectivity index (χ3v) is 5.73. The lowest BCUT2D eigenvalue weighted by molar-refractivity contribution is 0.332. The van der Waals surface area contributed by atoms with Gasteiger partial charge in [-0.25, -0.2) is 0 Å². The van der Waals surface area contributed by atoms with Gasteiger partial charge in [-0.3, -0.25) is 4.98 Å². The van der Waals surface area contributed by atoms with E-state index in [0.29, 0.717) is 5.41 Å². The molecule has 2 rings (SSSR count). The summed E-state index contributed by atoms with van der Waals surface area (Å²) in [4.78, 5) is 5.40. The molecule has 0 amide bonds. The highest BCUT2D eigenvalue weighted by atomic mass is 32.2. The minimum absolute atomic E-state index is 0.466. The number of pyridine rings is 1. The summed E-state index contributed by atoms with van der Waals surface area (Å²) in [6.45, 7) is 0. The maximum absolute atomic E-state index is 4.62. The van der Waals surface area contributed by atoms with Crippen LogP contribution in [0.15, 0.2) is 29.4 Å². The molecule has 1 heterocycles. The Balaban J connectivity index is 1.94. The standard InChI is InChI=1S/C14H21NS2/c16-11-14(7-3-1-2-4-8-14)12-17-13-5-9-15-10-6-13/h5-6,9-10,16H,1-4,7-8,11-12H2. The van der Waals surface area contributed by atoms with Crippen LogP contribution in [0.1, 0.15) is 38.5 Å². The van der Waals surface area contributed by atoms with Crippen molar-refractivity contribution in [3.05, 3.63) is 24.5 Å². The normalized spacial score (nSPS) is 19.8. The summed E-state index contributed by atoms with van der Waals surface area (Å²) in [5.41, 5.74) is 0.466. The molecule has 0 aliphatic heterocycles. The van der Waals surface area contributed by atoms with Gasteiger partial charge in [0.1, 0.15) is 0 Å². The fraction of sp³-hybridized carbons (Fsp3) is 0.643. The van der Waals surface area contributed by atoms with Crippen molar-refractivity contribution in [2.24, 2.45) is 5.41 Å². The first-order valence-corrected chi connectivity index (χ1v) is 8.10. The number of thioether (sulfide) groups is 1. The average molecular weight is 267 g/mol. The highest BCUT2D eigenvalue weighted by molar-refractivity contribution is 7.99. The summed E-state index contributed by atoms with van der Waals surface area (Å²) in [6, 6.07) is 4.21. The minimum Gasteiger partial charge on any atom is -0.265 e. The van der Waals surface area contributed by atoms with Crippen molar-refractivity contribution in [3.8, 4) is 0 Å². The number of rotatable bonds is 4. The van der Waals surface area contributed by atoms with Gasteiger partial charge in [-0.15, -0.1) is 11.8 Å². The Morgan fingerprint density at radius 3 is 2.35 bits per heavy atom. The predicted molar refractivity (Wildman–Crippen MR) is 78.9 cm³/mol. The Morgan fingerprint density at radius 2 is 1.76 bits per heavy atom. The molecule has 0 radical (unpaired) electrons. The van der Waals surface area contributed by atoms with Gasteiger partial charge >= 0.3 is 0 Å². The van der Waals surface area contributed by atoms with Gasteiger partial charge in [-0.2, -0.15) is 12.6 Å². The van der Waals surface area contributed by atoms with Crippen LogP contribution in [0.4, 0.5) is 0 Å². The summed E-state index contributed by atoms with van der Waals surface area (Å²) >= 11 is 6.59. The highest BCUT2D eigenvalue weighted by Gasteiger charge is 2.29. The lowest BCUT2D eigenvalue weighted by atomic mass is 9.84. The van der Waals surface area contributed by atoms with E-state index in [-0.39, 0.29) is 0 Å². The lowest BCUT2D eigenvalue weighted by Crippen LogP contribution is -2.25. The molecule has 0 unspecified atom stereocenters. The Bertz CT molecular complexity index is 318. The van der Waals surface area contributed by atoms with Gasteiger partial charge in [0.25, 0.3) is 0 Å². The van der Waals surface area contributed by atoms with E-state index in [1.165, 1.54) is 49.2 Å². The molecule has 0 aromatic carbocycles. The number of hydrogen-bond donors (Lipinski definition) is 1. The Kier molecular flexibility index (Phi) is 5.23. The van der Waals surface area contributed by atoms with E-state index in [1.54, 1.807) is 0 Å². The van der Waals surface area contributed by atoms with Crippen LogP contribution in [-0.2, 0) is 0 Å². The molecular formula is C14H21NS2. The predicted octanol–water partition coefficient (Wildman–Crippen LogP) is 4.44. The second kappa shape index (κ2) is 6.69. The van der Waals surface area contributed by atoms with Crippen molar-refractivity contribution in [1.29, 1.82) is 0 Å². The van der Waals surface area contributed by atoms with Crippen LogP contribution in [0.3, 0.4) is 0 Å². The zero-order valence-electron chi connectivity index (χ0n) is 10.3. The molecular weight excluding hydrogens is 246 g/mol. The second-order valence-corrected chi connectivity index (χ2v) is 6.41. The number of hydrogen-bond acceptors (Lipinski definition) is 3. The monoisotopic (exact) mass is 267 g/mol. The van der Waals surface area contributed by atoms with E-state index in [0.717, 1.165) is 5.75 Å². The van der Waals surface area contributed by atoms with Gasteiger partial charge in [-0.1, -0.05) is 25.7 Å². The quantitative estimate of drug-likeness (QED) is 0.492. The second-order valence-electron chi connectivity index (χ2n) is 5.04. The zero-order chi connectivity index (χ0) is 12.0. The molecule has 1 nitrogen and oxygen atoms in total. The Morgan fingerprint density at radius 1 is 1.12 bits per heavy atom. The van der Waals surface area contributed by atoms with Crippen LogP contribution < -0.4 is 0 Å². The first kappa shape index (κ1) is 13.3. The third-order valence-electron chi connectivity index (χ3n) is 3.69. The van der Waals surface area contributed by atoms with Gasteiger partial charge in [0.2, 0.25) is 0 Å². The zero-order valence-corrected chi connectivity index (χ0v) is 12.0. The molecule has 0 bridgehead atoms. The minimum atomic E-state index is 0.466. The van der Waals surface area contributed by atoms with Gasteiger partial charge < -0.3 is 0 Å². The fourth-order valence-electron chi connectivity index (χ4n) is 2.50. The van der Waals surface area contributed by atoms with E-state index in [2.05, 4.69) is 29.7 Å². The topological polar surface area (TPSA) is 12.9 Å². The summed E-state index contributed by atoms with van der Waals surface area (Å²) in [5.74, 6) is 2.24. The molecule has 17 heavy (non-hydrogen) atoms. The maximum atomic E-state index is 4.62. The van der Waals surface area contributed by atoms with Gasteiger partial charge in [-0.05, 0) is 36.1 Å². The summed E-state index contributed by atoms with van der Waals surface area (Å²) < 4.78 is 0. The van der Waals surface area contributed by atoms with Crippen LogP contribution in [0.5, 0.6) is 0 Å². The van der Waals surface area contributed by atoms with Crippen LogP contribution in [0.25, 0.3) is 0 Å². The Labute approximate surface area is 114 Å². The van der Waals surface area contributed by atoms with Crippen molar-refractivity contribution in [2.45, 2.75) is 43.4 Å². The van der Waals surface area contributed by atoms with E-state index >= 15 is 0 Å². The van der Waals surface area contributed by atoms with Crippen molar-refractivity contribution in [3.63, 3.8) is 0 Å². The molecule has 0 saturated heterocycles. The maximum Gasteiger partial charge on any atom is 0.0278 e. The van der Waals surface area contributed by atoms with E-state index < -0.39 is 0 Å². The van der Waals surface area contributed by atoms with E-state index in [9.17, 15) is 0 Å². The molecule has 1 aromatic heterocycles. The van der Waals surface area contributed by atoms with Gasteiger partial charge in [0.05, 0.1) is 0 Å². The first-order valence-electron chi connectivity index (χ1n) is 6.48. The molecule has 0 atom stereocenters. The van der Waals surface area contributed by atoms with Crippen LogP contribution >= 0.6 is 24.4 Å². The molecule has 1 aromatic rings. The summed E-state index contributed by atoms with van der Waals surface area (Å²) in [6.07, 6.45) is 12.1. The number of nitrogens with zero attached hydrogens (tertiary/aromatic N) is 1. The van der Waals surface area contributed by atoms with Crippen LogP contribution in [-0.4, -0.2) is 16.5 Å². The molecule has 1 fully saturated rings. The average Bonchev–Trinajstić information content (AvgIpc) is 2.64. The fourth-order valence-corrected chi connectivity index (χ4v) is 4.25. The lowest BCUT2D eigenvalue weighted by Gasteiger charge is -2.30. The SMILES string of the molecule is SCC1(CSc2ccncc2)CCCCCC1. The van der Waals surface area contributed by atoms with E-state index in [4.69, 9.17) is 0 Å². The number of aromatic nitrogens is 1. The molecule has 0 N–H and O–H groups in total. The number of thiol groups is 1. The largest absolute Gasteiger partial charge is 0.265 e. The van der Waals surface area contributed by atoms with Gasteiger partial charge in [0.15, 0.2) is 0 Å². The van der Waals surface area contributed by atoms with Gasteiger partial charge in [0, 0.05) is 23.0 Å². The molecule has 94 valence electrons. The smallest absolute Gasteiger partial charge is 0.0278 e. The third kappa shape index (κ3) is 3.92. The van der Waals surface area contributed by atoms with E-state index in [1.807, 2.05) is 24.2 Å². The Hall–Kier alpha value is -0.150. The first-order chi connectivity index (χ1) is 8.35. The van der Waals surface area contributed by atoms with Crippen molar-refractivity contribution in [1.82, 2.24) is 4.98 Å². The molecule has 0 spiro atoms. The van der Waals surface area contributed by atoms with Crippen LogP contribution in [0, 0.1) is 5.41 Å². The molecule has 1 aliphatic rings. The van der Waals surface area contributed by atoms with Crippen molar-refractivity contribution < 1.29 is 0 Å². The summed E-state index contributed by atoms with van der Waals surface area (Å²) in [5, 5.41) is 0. The van der Waals surface area contributed by atoms with Crippen LogP contribution in [0.2, 0.25) is 0 Å². The molecule has 1 saturated carbocycles. The molecule has 3 heteroatoms. The van der Waals surface area contributed by atoms with Crippen molar-refractivity contribution in [2.75, 3.05) is 11.5 Å². The summed E-state index contributed by atoms with van der Waals surface area (Å²) in [7, 11) is 0. The highest BCUT2D eigenvalue weighted by Crippen LogP contribution is 2.40.